The van der Waals surface area contributed by atoms with Gasteiger partial charge >= 0.3 is 11.4 Å². The molecule has 0 saturated heterocycles. The summed E-state index contributed by atoms with van der Waals surface area (Å²) in [6.45, 7) is 0.0291. The van der Waals surface area contributed by atoms with Crippen LogP contribution in [-0.2, 0) is 6.54 Å². The van der Waals surface area contributed by atoms with E-state index in [-0.39, 0.29) is 11.6 Å². The van der Waals surface area contributed by atoms with Gasteiger partial charge in [-0.25, -0.2) is 9.78 Å². The van der Waals surface area contributed by atoms with Crippen molar-refractivity contribution in [3.05, 3.63) is 67.6 Å². The second kappa shape index (κ2) is 5.15. The SMILES string of the molecule is O=c1ncc(Cl)cn1Cc1ccc([N+](=O)[O-])c(F)c1. The molecule has 6 nitrogen and oxygen atoms in total. The van der Waals surface area contributed by atoms with Crippen molar-refractivity contribution in [3.8, 4) is 0 Å². The van der Waals surface area contributed by atoms with Crippen LogP contribution in [0.5, 0.6) is 0 Å². The molecule has 0 spiro atoms. The van der Waals surface area contributed by atoms with E-state index in [1.54, 1.807) is 0 Å². The summed E-state index contributed by atoms with van der Waals surface area (Å²) >= 11 is 5.70. The standard InChI is InChI=1S/C11H7ClFN3O3/c12-8-4-14-11(17)15(6-8)5-7-1-2-10(16(18)19)9(13)3-7/h1-4,6H,5H2. The minimum Gasteiger partial charge on any atom is -0.293 e. The highest BCUT2D eigenvalue weighted by molar-refractivity contribution is 6.30. The van der Waals surface area contributed by atoms with Crippen molar-refractivity contribution >= 4 is 17.3 Å². The molecular formula is C11H7ClFN3O3. The van der Waals surface area contributed by atoms with Gasteiger partial charge in [-0.2, -0.15) is 4.39 Å². The Labute approximate surface area is 111 Å². The highest BCUT2D eigenvalue weighted by Gasteiger charge is 2.14. The molecule has 1 heterocycles. The summed E-state index contributed by atoms with van der Waals surface area (Å²) in [6.07, 6.45) is 2.56. The van der Waals surface area contributed by atoms with Crippen LogP contribution in [0.1, 0.15) is 5.56 Å². The predicted octanol–water partition coefficient (Wildman–Crippen LogP) is 1.99. The molecule has 2 rings (SSSR count). The van der Waals surface area contributed by atoms with E-state index < -0.39 is 22.1 Å². The quantitative estimate of drug-likeness (QED) is 0.637. The van der Waals surface area contributed by atoms with E-state index in [0.717, 1.165) is 12.1 Å². The molecule has 1 aromatic heterocycles. The number of hydrogen-bond donors (Lipinski definition) is 0. The Morgan fingerprint density at radius 3 is 2.84 bits per heavy atom. The topological polar surface area (TPSA) is 78.0 Å². The summed E-state index contributed by atoms with van der Waals surface area (Å²) in [5.74, 6) is -0.953. The Morgan fingerprint density at radius 1 is 1.47 bits per heavy atom. The maximum atomic E-state index is 13.4. The van der Waals surface area contributed by atoms with Gasteiger partial charge in [-0.15, -0.1) is 0 Å². The third-order valence-corrected chi connectivity index (χ3v) is 2.58. The van der Waals surface area contributed by atoms with E-state index in [0.29, 0.717) is 5.56 Å². The van der Waals surface area contributed by atoms with Crippen LogP contribution in [0.4, 0.5) is 10.1 Å². The summed E-state index contributed by atoms with van der Waals surface area (Å²) < 4.78 is 14.6. The summed E-state index contributed by atoms with van der Waals surface area (Å²) in [4.78, 5) is 24.6. The molecule has 0 bridgehead atoms. The molecule has 0 radical (unpaired) electrons. The number of aromatic nitrogens is 2. The highest BCUT2D eigenvalue weighted by Crippen LogP contribution is 2.18. The lowest BCUT2D eigenvalue weighted by Crippen LogP contribution is -2.22. The van der Waals surface area contributed by atoms with Crippen molar-refractivity contribution in [1.29, 1.82) is 0 Å². The van der Waals surface area contributed by atoms with Crippen LogP contribution in [-0.4, -0.2) is 14.5 Å². The smallest absolute Gasteiger partial charge is 0.293 e. The van der Waals surface area contributed by atoms with Gasteiger partial charge in [0.2, 0.25) is 5.82 Å². The van der Waals surface area contributed by atoms with Crippen LogP contribution in [0.15, 0.2) is 35.4 Å². The summed E-state index contributed by atoms with van der Waals surface area (Å²) in [5.41, 5.74) is -0.752. The van der Waals surface area contributed by atoms with Crippen molar-refractivity contribution in [2.24, 2.45) is 0 Å². The Bertz CT molecular complexity index is 702. The lowest BCUT2D eigenvalue weighted by molar-refractivity contribution is -0.387. The molecule has 0 atom stereocenters. The minimum atomic E-state index is -0.953. The molecule has 0 aliphatic heterocycles. The second-order valence-electron chi connectivity index (χ2n) is 3.73. The molecule has 0 aliphatic rings. The van der Waals surface area contributed by atoms with Gasteiger partial charge in [0.15, 0.2) is 0 Å². The normalized spacial score (nSPS) is 10.4. The van der Waals surface area contributed by atoms with Crippen molar-refractivity contribution in [2.45, 2.75) is 6.54 Å². The molecule has 0 aliphatic carbocycles. The Balaban J connectivity index is 2.34. The van der Waals surface area contributed by atoms with Gasteiger partial charge in [0.25, 0.3) is 0 Å². The van der Waals surface area contributed by atoms with E-state index in [4.69, 9.17) is 11.6 Å². The zero-order chi connectivity index (χ0) is 14.0. The van der Waals surface area contributed by atoms with Gasteiger partial charge in [0.05, 0.1) is 22.7 Å². The number of benzene rings is 1. The summed E-state index contributed by atoms with van der Waals surface area (Å²) in [5, 5.41) is 10.7. The molecule has 0 N–H and O–H groups in total. The average Bonchev–Trinajstić information content (AvgIpc) is 2.33. The highest BCUT2D eigenvalue weighted by atomic mass is 35.5. The molecule has 2 aromatic rings. The largest absolute Gasteiger partial charge is 0.347 e. The number of halogens is 2. The lowest BCUT2D eigenvalue weighted by Gasteiger charge is -2.05. The van der Waals surface area contributed by atoms with E-state index in [1.807, 2.05) is 0 Å². The molecule has 98 valence electrons. The first-order valence-electron chi connectivity index (χ1n) is 5.12. The van der Waals surface area contributed by atoms with Gasteiger partial charge < -0.3 is 0 Å². The zero-order valence-electron chi connectivity index (χ0n) is 9.42. The Morgan fingerprint density at radius 2 is 2.21 bits per heavy atom. The molecule has 0 unspecified atom stereocenters. The van der Waals surface area contributed by atoms with Gasteiger partial charge in [-0.05, 0) is 11.6 Å². The van der Waals surface area contributed by atoms with Crippen LogP contribution >= 0.6 is 11.6 Å². The van der Waals surface area contributed by atoms with Gasteiger partial charge in [0, 0.05) is 12.3 Å². The molecule has 0 amide bonds. The fraction of sp³-hybridized carbons (Fsp3) is 0.0909. The van der Waals surface area contributed by atoms with Crippen molar-refractivity contribution in [1.82, 2.24) is 9.55 Å². The molecule has 8 heteroatoms. The fourth-order valence-electron chi connectivity index (χ4n) is 1.54. The number of rotatable bonds is 3. The van der Waals surface area contributed by atoms with Crippen molar-refractivity contribution in [2.75, 3.05) is 0 Å². The molecule has 0 saturated carbocycles. The summed E-state index contributed by atoms with van der Waals surface area (Å²) in [6, 6.07) is 3.42. The average molecular weight is 284 g/mol. The van der Waals surface area contributed by atoms with Gasteiger partial charge in [-0.3, -0.25) is 14.7 Å². The maximum absolute atomic E-state index is 13.4. The monoisotopic (exact) mass is 283 g/mol. The Hall–Kier alpha value is -2.28. The van der Waals surface area contributed by atoms with E-state index in [9.17, 15) is 19.3 Å². The first-order chi connectivity index (χ1) is 8.97. The molecular weight excluding hydrogens is 277 g/mol. The first kappa shape index (κ1) is 13.2. The zero-order valence-corrected chi connectivity index (χ0v) is 10.2. The second-order valence-corrected chi connectivity index (χ2v) is 4.16. The minimum absolute atomic E-state index is 0.0291. The predicted molar refractivity (Wildman–Crippen MR) is 65.7 cm³/mol. The van der Waals surface area contributed by atoms with Crippen LogP contribution in [0.2, 0.25) is 5.02 Å². The van der Waals surface area contributed by atoms with E-state index in [1.165, 1.54) is 23.0 Å². The van der Waals surface area contributed by atoms with Crippen LogP contribution < -0.4 is 5.69 Å². The first-order valence-corrected chi connectivity index (χ1v) is 5.50. The van der Waals surface area contributed by atoms with Crippen LogP contribution in [0, 0.1) is 15.9 Å². The molecule has 1 aromatic carbocycles. The van der Waals surface area contributed by atoms with Gasteiger partial charge in [-0.1, -0.05) is 17.7 Å². The van der Waals surface area contributed by atoms with Gasteiger partial charge in [0.1, 0.15) is 0 Å². The number of hydrogen-bond acceptors (Lipinski definition) is 4. The number of nitro benzene ring substituents is 1. The molecule has 0 fully saturated rings. The van der Waals surface area contributed by atoms with Crippen LogP contribution in [0.3, 0.4) is 0 Å². The lowest BCUT2D eigenvalue weighted by atomic mass is 10.2. The van der Waals surface area contributed by atoms with Crippen molar-refractivity contribution in [3.63, 3.8) is 0 Å². The van der Waals surface area contributed by atoms with E-state index in [2.05, 4.69) is 4.98 Å². The molecule has 19 heavy (non-hydrogen) atoms. The number of nitrogens with zero attached hydrogens (tertiary/aromatic N) is 3. The third-order valence-electron chi connectivity index (χ3n) is 2.38. The van der Waals surface area contributed by atoms with E-state index >= 15 is 0 Å². The van der Waals surface area contributed by atoms with Crippen LogP contribution in [0.25, 0.3) is 0 Å². The summed E-state index contributed by atoms with van der Waals surface area (Å²) in [7, 11) is 0. The maximum Gasteiger partial charge on any atom is 0.347 e. The Kier molecular flexibility index (Phi) is 3.57. The third kappa shape index (κ3) is 2.94. The number of nitro groups is 1. The fourth-order valence-corrected chi connectivity index (χ4v) is 1.70. The van der Waals surface area contributed by atoms with Crippen molar-refractivity contribution < 1.29 is 9.31 Å².